The zero-order chi connectivity index (χ0) is 15.5. The number of hydroxylamine groups is 1. The fourth-order valence-electron chi connectivity index (χ4n) is 3.60. The molecule has 1 aliphatic rings. The van der Waals surface area contributed by atoms with Crippen molar-refractivity contribution in [3.8, 4) is 0 Å². The first-order valence-corrected chi connectivity index (χ1v) is 7.77. The number of likely N-dealkylation sites (N-methyl/N-ethyl adjacent to an activating group) is 1. The van der Waals surface area contributed by atoms with Gasteiger partial charge in [-0.15, -0.1) is 0 Å². The van der Waals surface area contributed by atoms with E-state index >= 15 is 0 Å². The summed E-state index contributed by atoms with van der Waals surface area (Å²) in [4.78, 5) is 1.42. The van der Waals surface area contributed by atoms with Gasteiger partial charge in [0, 0.05) is 16.8 Å². The lowest BCUT2D eigenvalue weighted by atomic mass is 9.84. The zero-order valence-electron chi connectivity index (χ0n) is 13.0. The summed E-state index contributed by atoms with van der Waals surface area (Å²) in [6.07, 6.45) is 2.15. The summed E-state index contributed by atoms with van der Waals surface area (Å²) < 4.78 is 0. The van der Waals surface area contributed by atoms with Crippen molar-refractivity contribution in [2.75, 3.05) is 7.05 Å². The molecule has 114 valence electrons. The van der Waals surface area contributed by atoms with Gasteiger partial charge in [0.15, 0.2) is 0 Å². The standard InChI is InChI=1S/C19H22N2O/c1-14-17(20-22)13-18(15-9-5-3-6-10-15)21(2)19(14)16-11-7-4-8-12-16/h3-14,18-20,22H,1-2H3/p+1/t14-,18+,19-/m0/s1. The monoisotopic (exact) mass is 295 g/mol. The number of benzene rings is 2. The van der Waals surface area contributed by atoms with Gasteiger partial charge in [0.25, 0.3) is 0 Å². The number of nitrogens with one attached hydrogen (secondary N) is 2. The topological polar surface area (TPSA) is 36.7 Å². The number of hydrogen-bond donors (Lipinski definition) is 3. The maximum absolute atomic E-state index is 9.55. The maximum atomic E-state index is 9.55. The summed E-state index contributed by atoms with van der Waals surface area (Å²) in [5, 5.41) is 9.55. The van der Waals surface area contributed by atoms with Crippen LogP contribution in [0.2, 0.25) is 0 Å². The minimum Gasteiger partial charge on any atom is -0.321 e. The molecular formula is C19H23N2O+. The average Bonchev–Trinajstić information content (AvgIpc) is 2.57. The lowest BCUT2D eigenvalue weighted by molar-refractivity contribution is -0.942. The molecule has 1 unspecified atom stereocenters. The Balaban J connectivity index is 2.04. The Morgan fingerprint density at radius 1 is 0.909 bits per heavy atom. The SMILES string of the molecule is C[C@H]1C(NO)=C[C@H](c2ccccc2)[NH+](C)[C@@H]1c1ccccc1. The third-order valence-corrected chi connectivity index (χ3v) is 4.76. The summed E-state index contributed by atoms with van der Waals surface area (Å²) >= 11 is 0. The molecule has 0 radical (unpaired) electrons. The predicted molar refractivity (Wildman–Crippen MR) is 87.4 cm³/mol. The number of quaternary nitrogens is 1. The van der Waals surface area contributed by atoms with Crippen LogP contribution in [0.5, 0.6) is 0 Å². The zero-order valence-corrected chi connectivity index (χ0v) is 13.0. The molecule has 3 rings (SSSR count). The molecule has 0 fully saturated rings. The molecule has 0 aromatic heterocycles. The molecule has 2 aromatic rings. The molecule has 22 heavy (non-hydrogen) atoms. The van der Waals surface area contributed by atoms with Crippen LogP contribution in [0.15, 0.2) is 72.4 Å². The highest BCUT2D eigenvalue weighted by atomic mass is 16.5. The molecule has 0 saturated heterocycles. The molecule has 0 aliphatic carbocycles. The van der Waals surface area contributed by atoms with Crippen LogP contribution in [-0.4, -0.2) is 12.3 Å². The van der Waals surface area contributed by atoms with E-state index in [0.29, 0.717) is 6.04 Å². The van der Waals surface area contributed by atoms with E-state index in [9.17, 15) is 5.21 Å². The smallest absolute Gasteiger partial charge is 0.134 e. The van der Waals surface area contributed by atoms with E-state index in [4.69, 9.17) is 0 Å². The van der Waals surface area contributed by atoms with Gasteiger partial charge in [0.2, 0.25) is 0 Å². The number of rotatable bonds is 3. The van der Waals surface area contributed by atoms with E-state index in [2.05, 4.69) is 74.1 Å². The van der Waals surface area contributed by atoms with E-state index in [-0.39, 0.29) is 12.0 Å². The fourth-order valence-corrected chi connectivity index (χ4v) is 3.60. The van der Waals surface area contributed by atoms with Crippen molar-refractivity contribution in [3.05, 3.63) is 83.6 Å². The molecule has 3 N–H and O–H groups in total. The van der Waals surface area contributed by atoms with E-state index in [0.717, 1.165) is 5.70 Å². The summed E-state index contributed by atoms with van der Waals surface area (Å²) in [5.74, 6) is 0.229. The highest BCUT2D eigenvalue weighted by Gasteiger charge is 2.38. The van der Waals surface area contributed by atoms with Crippen LogP contribution < -0.4 is 10.4 Å². The van der Waals surface area contributed by atoms with Gasteiger partial charge in [-0.1, -0.05) is 67.6 Å². The second-order valence-corrected chi connectivity index (χ2v) is 6.04. The molecule has 3 nitrogen and oxygen atoms in total. The molecule has 1 aliphatic heterocycles. The first-order valence-electron chi connectivity index (χ1n) is 7.77. The van der Waals surface area contributed by atoms with Crippen molar-refractivity contribution in [3.63, 3.8) is 0 Å². The van der Waals surface area contributed by atoms with Crippen molar-refractivity contribution in [2.45, 2.75) is 19.0 Å². The lowest BCUT2D eigenvalue weighted by Gasteiger charge is -2.39. The van der Waals surface area contributed by atoms with Gasteiger partial charge in [-0.25, -0.2) is 0 Å². The minimum absolute atomic E-state index is 0.220. The van der Waals surface area contributed by atoms with Crippen LogP contribution >= 0.6 is 0 Å². The van der Waals surface area contributed by atoms with Crippen LogP contribution in [0, 0.1) is 5.92 Å². The quantitative estimate of drug-likeness (QED) is 0.761. The van der Waals surface area contributed by atoms with Crippen molar-refractivity contribution >= 4 is 0 Å². The highest BCUT2D eigenvalue weighted by molar-refractivity contribution is 5.27. The van der Waals surface area contributed by atoms with Crippen molar-refractivity contribution in [2.24, 2.45) is 5.92 Å². The maximum Gasteiger partial charge on any atom is 0.134 e. The third kappa shape index (κ3) is 2.65. The molecular weight excluding hydrogens is 272 g/mol. The van der Waals surface area contributed by atoms with Crippen molar-refractivity contribution in [1.82, 2.24) is 5.48 Å². The normalized spacial score (nSPS) is 28.0. The van der Waals surface area contributed by atoms with Gasteiger partial charge in [-0.3, -0.25) is 10.7 Å². The lowest BCUT2D eigenvalue weighted by Crippen LogP contribution is -3.11. The van der Waals surface area contributed by atoms with Gasteiger partial charge in [-0.2, -0.15) is 0 Å². The third-order valence-electron chi connectivity index (χ3n) is 4.76. The van der Waals surface area contributed by atoms with Crippen LogP contribution in [-0.2, 0) is 0 Å². The van der Waals surface area contributed by atoms with Crippen molar-refractivity contribution < 1.29 is 10.1 Å². The van der Waals surface area contributed by atoms with E-state index in [1.54, 1.807) is 0 Å². The molecule has 3 heteroatoms. The summed E-state index contributed by atoms with van der Waals surface area (Å²) in [6, 6.07) is 21.5. The van der Waals surface area contributed by atoms with Crippen LogP contribution in [0.4, 0.5) is 0 Å². The molecule has 0 saturated carbocycles. The number of hydrogen-bond acceptors (Lipinski definition) is 2. The average molecular weight is 295 g/mol. The van der Waals surface area contributed by atoms with E-state index in [1.807, 2.05) is 12.1 Å². The molecule has 1 heterocycles. The molecule has 0 bridgehead atoms. The van der Waals surface area contributed by atoms with Gasteiger partial charge in [0.1, 0.15) is 12.1 Å². The largest absolute Gasteiger partial charge is 0.321 e. The first kappa shape index (κ1) is 14.8. The summed E-state index contributed by atoms with van der Waals surface area (Å²) in [7, 11) is 2.23. The first-order chi connectivity index (χ1) is 10.7. The van der Waals surface area contributed by atoms with E-state index in [1.165, 1.54) is 16.0 Å². The van der Waals surface area contributed by atoms with Gasteiger partial charge < -0.3 is 4.90 Å². The molecule has 4 atom stereocenters. The summed E-state index contributed by atoms with van der Waals surface area (Å²) in [6.45, 7) is 2.16. The minimum atomic E-state index is 0.220. The Labute approximate surface area is 131 Å². The predicted octanol–water partition coefficient (Wildman–Crippen LogP) is 2.50. The Hall–Kier alpha value is -2.10. The molecule has 0 spiro atoms. The van der Waals surface area contributed by atoms with Gasteiger partial charge in [0.05, 0.1) is 13.0 Å². The second kappa shape index (κ2) is 6.34. The Kier molecular flexibility index (Phi) is 4.27. The Morgan fingerprint density at radius 3 is 2.00 bits per heavy atom. The Bertz CT molecular complexity index is 639. The van der Waals surface area contributed by atoms with E-state index < -0.39 is 0 Å². The van der Waals surface area contributed by atoms with Gasteiger partial charge in [-0.05, 0) is 6.08 Å². The van der Waals surface area contributed by atoms with Crippen molar-refractivity contribution in [1.29, 1.82) is 0 Å². The van der Waals surface area contributed by atoms with Crippen LogP contribution in [0.1, 0.15) is 30.1 Å². The van der Waals surface area contributed by atoms with Crippen LogP contribution in [0.3, 0.4) is 0 Å². The summed E-state index contributed by atoms with van der Waals surface area (Å²) in [5.41, 5.74) is 5.88. The van der Waals surface area contributed by atoms with Gasteiger partial charge >= 0.3 is 0 Å². The highest BCUT2D eigenvalue weighted by Crippen LogP contribution is 2.30. The fraction of sp³-hybridized carbons (Fsp3) is 0.263. The second-order valence-electron chi connectivity index (χ2n) is 6.04. The molecule has 2 aromatic carbocycles. The van der Waals surface area contributed by atoms with Crippen LogP contribution in [0.25, 0.3) is 0 Å². The molecule has 0 amide bonds. The Morgan fingerprint density at radius 2 is 1.45 bits per heavy atom.